The van der Waals surface area contributed by atoms with Crippen molar-refractivity contribution in [2.45, 2.75) is 53.4 Å². The summed E-state index contributed by atoms with van der Waals surface area (Å²) in [6.45, 7) is 8.90. The zero-order valence-electron chi connectivity index (χ0n) is 11.7. The highest BCUT2D eigenvalue weighted by atomic mass is 16.5. The Morgan fingerprint density at radius 3 is 2.65 bits per heavy atom. The lowest BCUT2D eigenvalue weighted by Gasteiger charge is -2.25. The molecule has 2 atom stereocenters. The normalized spacial score (nSPS) is 22.2. The first-order chi connectivity index (χ1) is 8.04. The highest BCUT2D eigenvalue weighted by molar-refractivity contribution is 5.72. The van der Waals surface area contributed by atoms with E-state index in [0.717, 1.165) is 24.7 Å². The second-order valence-corrected chi connectivity index (χ2v) is 5.50. The zero-order chi connectivity index (χ0) is 12.8. The summed E-state index contributed by atoms with van der Waals surface area (Å²) in [7, 11) is 0. The van der Waals surface area contributed by atoms with Gasteiger partial charge in [-0.25, -0.2) is 0 Å². The lowest BCUT2D eigenvalue weighted by atomic mass is 9.80. The van der Waals surface area contributed by atoms with Crippen LogP contribution in [-0.4, -0.2) is 12.6 Å². The molecule has 0 heterocycles. The molecule has 17 heavy (non-hydrogen) atoms. The van der Waals surface area contributed by atoms with Gasteiger partial charge < -0.3 is 4.74 Å². The van der Waals surface area contributed by atoms with Crippen LogP contribution < -0.4 is 0 Å². The molecular weight excluding hydrogens is 212 g/mol. The Morgan fingerprint density at radius 2 is 2.18 bits per heavy atom. The summed E-state index contributed by atoms with van der Waals surface area (Å²) in [6, 6.07) is 0. The summed E-state index contributed by atoms with van der Waals surface area (Å²) in [5.41, 5.74) is 1.45. The molecule has 0 saturated carbocycles. The summed E-state index contributed by atoms with van der Waals surface area (Å²) < 4.78 is 5.04. The van der Waals surface area contributed by atoms with Crippen molar-refractivity contribution in [3.8, 4) is 0 Å². The van der Waals surface area contributed by atoms with Crippen molar-refractivity contribution in [2.24, 2.45) is 17.8 Å². The largest absolute Gasteiger partial charge is 0.466 e. The summed E-state index contributed by atoms with van der Waals surface area (Å²) >= 11 is 0. The van der Waals surface area contributed by atoms with Crippen LogP contribution in [0.25, 0.3) is 0 Å². The summed E-state index contributed by atoms with van der Waals surface area (Å²) in [6.07, 6.45) is 6.85. The van der Waals surface area contributed by atoms with E-state index in [4.69, 9.17) is 4.74 Å². The third kappa shape index (κ3) is 4.53. The van der Waals surface area contributed by atoms with Crippen molar-refractivity contribution in [3.05, 3.63) is 11.6 Å². The van der Waals surface area contributed by atoms with Crippen LogP contribution in [0.15, 0.2) is 11.6 Å². The van der Waals surface area contributed by atoms with Crippen LogP contribution in [0.1, 0.15) is 53.4 Å². The molecule has 0 saturated heterocycles. The number of carbonyl (C=O) groups is 1. The van der Waals surface area contributed by atoms with Gasteiger partial charge in [0, 0.05) is 0 Å². The van der Waals surface area contributed by atoms with Crippen molar-refractivity contribution in [3.63, 3.8) is 0 Å². The minimum absolute atomic E-state index is 0.0109. The molecular formula is C15H26O2. The molecule has 0 amide bonds. The minimum Gasteiger partial charge on any atom is -0.466 e. The van der Waals surface area contributed by atoms with E-state index >= 15 is 0 Å². The molecule has 1 aliphatic carbocycles. The second kappa shape index (κ2) is 6.83. The fraction of sp³-hybridized carbons (Fsp3) is 0.800. The van der Waals surface area contributed by atoms with E-state index in [9.17, 15) is 4.79 Å². The van der Waals surface area contributed by atoms with Crippen LogP contribution in [0.2, 0.25) is 0 Å². The Bertz CT molecular complexity index is 279. The first kappa shape index (κ1) is 14.3. The number of rotatable bonds is 5. The van der Waals surface area contributed by atoms with Crippen molar-refractivity contribution < 1.29 is 9.53 Å². The Hall–Kier alpha value is -0.790. The first-order valence-corrected chi connectivity index (χ1v) is 6.89. The number of allylic oxidation sites excluding steroid dienone is 2. The fourth-order valence-corrected chi connectivity index (χ4v) is 2.46. The Kier molecular flexibility index (Phi) is 5.73. The van der Waals surface area contributed by atoms with E-state index in [0.29, 0.717) is 6.61 Å². The third-order valence-corrected chi connectivity index (χ3v) is 3.75. The molecule has 0 aromatic carbocycles. The number of ether oxygens (including phenoxy) is 1. The maximum absolute atomic E-state index is 11.5. The van der Waals surface area contributed by atoms with Gasteiger partial charge in [-0.3, -0.25) is 4.79 Å². The Morgan fingerprint density at radius 1 is 1.47 bits per heavy atom. The van der Waals surface area contributed by atoms with Gasteiger partial charge in [0.2, 0.25) is 0 Å². The molecule has 1 aliphatic rings. The maximum Gasteiger partial charge on any atom is 0.308 e. The van der Waals surface area contributed by atoms with Crippen LogP contribution >= 0.6 is 0 Å². The molecule has 0 aromatic rings. The smallest absolute Gasteiger partial charge is 0.308 e. The van der Waals surface area contributed by atoms with Gasteiger partial charge in [-0.05, 0) is 44.4 Å². The van der Waals surface area contributed by atoms with E-state index in [1.807, 2.05) is 13.8 Å². The van der Waals surface area contributed by atoms with Gasteiger partial charge in [0.25, 0.3) is 0 Å². The van der Waals surface area contributed by atoms with Gasteiger partial charge in [-0.1, -0.05) is 32.4 Å². The predicted octanol–water partition coefficient (Wildman–Crippen LogP) is 3.96. The Labute approximate surface area is 105 Å². The van der Waals surface area contributed by atoms with Crippen molar-refractivity contribution in [1.29, 1.82) is 0 Å². The first-order valence-electron chi connectivity index (χ1n) is 6.89. The van der Waals surface area contributed by atoms with Gasteiger partial charge in [-0.15, -0.1) is 0 Å². The van der Waals surface area contributed by atoms with Gasteiger partial charge in [0.15, 0.2) is 0 Å². The molecule has 98 valence electrons. The van der Waals surface area contributed by atoms with E-state index in [-0.39, 0.29) is 11.9 Å². The fourth-order valence-electron chi connectivity index (χ4n) is 2.46. The third-order valence-electron chi connectivity index (χ3n) is 3.75. The van der Waals surface area contributed by atoms with Crippen LogP contribution in [-0.2, 0) is 9.53 Å². The van der Waals surface area contributed by atoms with Crippen LogP contribution in [0, 0.1) is 17.8 Å². The maximum atomic E-state index is 11.5. The monoisotopic (exact) mass is 238 g/mol. The van der Waals surface area contributed by atoms with Gasteiger partial charge >= 0.3 is 5.97 Å². The summed E-state index contributed by atoms with van der Waals surface area (Å²) in [5.74, 6) is 1.56. The number of hydrogen-bond acceptors (Lipinski definition) is 2. The predicted molar refractivity (Wildman–Crippen MR) is 70.7 cm³/mol. The van der Waals surface area contributed by atoms with E-state index in [1.54, 1.807) is 0 Å². The van der Waals surface area contributed by atoms with Gasteiger partial charge in [-0.2, -0.15) is 0 Å². The van der Waals surface area contributed by atoms with Crippen LogP contribution in [0.5, 0.6) is 0 Å². The minimum atomic E-state index is -0.0561. The molecule has 2 nitrogen and oxygen atoms in total. The highest BCUT2D eigenvalue weighted by Gasteiger charge is 2.21. The number of carbonyl (C=O) groups excluding carboxylic acids is 1. The molecule has 0 N–H and O–H groups in total. The molecule has 1 rings (SSSR count). The molecule has 0 spiro atoms. The molecule has 0 fully saturated rings. The van der Waals surface area contributed by atoms with E-state index < -0.39 is 0 Å². The molecule has 0 radical (unpaired) electrons. The van der Waals surface area contributed by atoms with Crippen molar-refractivity contribution in [1.82, 2.24) is 0 Å². The van der Waals surface area contributed by atoms with Crippen molar-refractivity contribution >= 4 is 5.97 Å². The summed E-state index contributed by atoms with van der Waals surface area (Å²) in [5, 5.41) is 0. The number of hydrogen-bond donors (Lipinski definition) is 0. The molecule has 0 aromatic heterocycles. The molecule has 1 unspecified atom stereocenters. The summed E-state index contributed by atoms with van der Waals surface area (Å²) in [4.78, 5) is 11.5. The number of esters is 1. The van der Waals surface area contributed by atoms with E-state index in [1.165, 1.54) is 18.4 Å². The second-order valence-electron chi connectivity index (χ2n) is 5.50. The van der Waals surface area contributed by atoms with E-state index in [2.05, 4.69) is 19.9 Å². The molecule has 0 bridgehead atoms. The SMILES string of the molecule is CCOC(=O)C(C)CC1=CC[C@@H](C(C)C)CC1. The molecule has 0 aliphatic heterocycles. The van der Waals surface area contributed by atoms with Crippen LogP contribution in [0.4, 0.5) is 0 Å². The average molecular weight is 238 g/mol. The van der Waals surface area contributed by atoms with Gasteiger partial charge in [0.05, 0.1) is 12.5 Å². The standard InChI is InChI=1S/C15H26O2/c1-5-17-15(16)12(4)10-13-6-8-14(9-7-13)11(2)3/h6,11-12,14H,5,7-10H2,1-4H3/t12?,14-/m1/s1. The lowest BCUT2D eigenvalue weighted by Crippen LogP contribution is -2.17. The molecule has 2 heteroatoms. The quantitative estimate of drug-likeness (QED) is 0.535. The van der Waals surface area contributed by atoms with Crippen LogP contribution in [0.3, 0.4) is 0 Å². The topological polar surface area (TPSA) is 26.3 Å². The van der Waals surface area contributed by atoms with Gasteiger partial charge in [0.1, 0.15) is 0 Å². The average Bonchev–Trinajstić information content (AvgIpc) is 2.30. The van der Waals surface area contributed by atoms with Crippen molar-refractivity contribution in [2.75, 3.05) is 6.61 Å². The zero-order valence-corrected chi connectivity index (χ0v) is 11.7. The lowest BCUT2D eigenvalue weighted by molar-refractivity contribution is -0.147. The Balaban J connectivity index is 2.41. The highest BCUT2D eigenvalue weighted by Crippen LogP contribution is 2.31.